The van der Waals surface area contributed by atoms with E-state index in [-0.39, 0.29) is 11.9 Å². The Morgan fingerprint density at radius 3 is 3.12 bits per heavy atom. The zero-order valence-corrected chi connectivity index (χ0v) is 10.7. The van der Waals surface area contributed by atoms with E-state index in [2.05, 4.69) is 17.6 Å². The average Bonchev–Trinajstić information content (AvgIpc) is 2.64. The number of rotatable bonds is 2. The number of carbonyl (C=O) groups excluding carboxylic acids is 1. The van der Waals surface area contributed by atoms with Crippen LogP contribution < -0.4 is 10.6 Å². The second-order valence-electron chi connectivity index (χ2n) is 4.15. The summed E-state index contributed by atoms with van der Waals surface area (Å²) in [5, 5.41) is 8.78. The van der Waals surface area contributed by atoms with Crippen LogP contribution in [0.4, 0.5) is 0 Å². The molecule has 0 bridgehead atoms. The first kappa shape index (κ1) is 11.9. The highest BCUT2D eigenvalue weighted by Crippen LogP contribution is 2.22. The molecule has 16 heavy (non-hydrogen) atoms. The number of hydrogen-bond donors (Lipinski definition) is 2. The summed E-state index contributed by atoms with van der Waals surface area (Å²) in [7, 11) is 0. The van der Waals surface area contributed by atoms with Crippen molar-refractivity contribution in [2.75, 3.05) is 6.54 Å². The number of thiophene rings is 1. The number of carbonyl (C=O) groups is 1. The quantitative estimate of drug-likeness (QED) is 0.855. The maximum atomic E-state index is 11.9. The number of hydrogen-bond acceptors (Lipinski definition) is 3. The van der Waals surface area contributed by atoms with E-state index in [1.807, 2.05) is 5.38 Å². The predicted octanol–water partition coefficient (Wildman–Crippen LogP) is 2.27. The van der Waals surface area contributed by atoms with Gasteiger partial charge in [-0.15, -0.1) is 11.3 Å². The lowest BCUT2D eigenvalue weighted by Crippen LogP contribution is -2.46. The first-order valence-electron chi connectivity index (χ1n) is 5.44. The third kappa shape index (κ3) is 2.75. The Kier molecular flexibility index (Phi) is 3.84. The molecule has 1 amide bonds. The first-order chi connectivity index (χ1) is 7.66. The van der Waals surface area contributed by atoms with Gasteiger partial charge in [-0.2, -0.15) is 0 Å². The topological polar surface area (TPSA) is 41.1 Å². The highest BCUT2D eigenvalue weighted by molar-refractivity contribution is 7.12. The summed E-state index contributed by atoms with van der Waals surface area (Å²) >= 11 is 7.31. The smallest absolute Gasteiger partial charge is 0.263 e. The van der Waals surface area contributed by atoms with Crippen molar-refractivity contribution in [3.63, 3.8) is 0 Å². The van der Waals surface area contributed by atoms with Crippen LogP contribution in [0.15, 0.2) is 11.4 Å². The second kappa shape index (κ2) is 5.17. The van der Waals surface area contributed by atoms with Gasteiger partial charge in [0, 0.05) is 12.1 Å². The van der Waals surface area contributed by atoms with Gasteiger partial charge in [0.05, 0.1) is 5.02 Å². The van der Waals surface area contributed by atoms with Crippen molar-refractivity contribution in [1.82, 2.24) is 10.6 Å². The molecule has 1 fully saturated rings. The zero-order chi connectivity index (χ0) is 11.5. The van der Waals surface area contributed by atoms with Gasteiger partial charge < -0.3 is 10.6 Å². The van der Waals surface area contributed by atoms with Crippen molar-refractivity contribution < 1.29 is 4.79 Å². The maximum Gasteiger partial charge on any atom is 0.263 e. The molecule has 2 atom stereocenters. The zero-order valence-electron chi connectivity index (χ0n) is 9.13. The Morgan fingerprint density at radius 2 is 2.50 bits per heavy atom. The van der Waals surface area contributed by atoms with Crippen molar-refractivity contribution in [3.8, 4) is 0 Å². The first-order valence-corrected chi connectivity index (χ1v) is 6.70. The largest absolute Gasteiger partial charge is 0.348 e. The Hall–Kier alpha value is -0.580. The lowest BCUT2D eigenvalue weighted by Gasteiger charge is -2.28. The SMILES string of the molecule is CC1CC(NC(=O)c2sccc2Cl)CCN1. The fourth-order valence-electron chi connectivity index (χ4n) is 1.97. The fraction of sp³-hybridized carbons (Fsp3) is 0.545. The summed E-state index contributed by atoms with van der Waals surface area (Å²) in [6.45, 7) is 3.10. The molecule has 2 N–H and O–H groups in total. The lowest BCUT2D eigenvalue weighted by molar-refractivity contribution is 0.0930. The molecule has 1 saturated heterocycles. The minimum absolute atomic E-state index is 0.0425. The molecule has 0 aliphatic carbocycles. The Bertz CT molecular complexity index is 380. The summed E-state index contributed by atoms with van der Waals surface area (Å²) in [6, 6.07) is 2.49. The minimum Gasteiger partial charge on any atom is -0.348 e. The average molecular weight is 259 g/mol. The molecule has 2 rings (SSSR count). The van der Waals surface area contributed by atoms with E-state index in [0.29, 0.717) is 15.9 Å². The van der Waals surface area contributed by atoms with Crippen molar-refractivity contribution in [3.05, 3.63) is 21.3 Å². The van der Waals surface area contributed by atoms with E-state index < -0.39 is 0 Å². The maximum absolute atomic E-state index is 11.9. The van der Waals surface area contributed by atoms with Gasteiger partial charge in [-0.05, 0) is 37.8 Å². The van der Waals surface area contributed by atoms with Gasteiger partial charge in [-0.1, -0.05) is 11.6 Å². The van der Waals surface area contributed by atoms with E-state index in [1.165, 1.54) is 11.3 Å². The molecular formula is C11H15ClN2OS. The monoisotopic (exact) mass is 258 g/mol. The van der Waals surface area contributed by atoms with Crippen molar-refractivity contribution in [2.45, 2.75) is 31.8 Å². The third-order valence-electron chi connectivity index (χ3n) is 2.78. The molecule has 0 spiro atoms. The molecule has 2 heterocycles. The van der Waals surface area contributed by atoms with E-state index in [9.17, 15) is 4.79 Å². The Morgan fingerprint density at radius 1 is 1.69 bits per heavy atom. The van der Waals surface area contributed by atoms with Gasteiger partial charge >= 0.3 is 0 Å². The summed E-state index contributed by atoms with van der Waals surface area (Å²) < 4.78 is 0. The van der Waals surface area contributed by atoms with Crippen LogP contribution in [0.3, 0.4) is 0 Å². The summed E-state index contributed by atoms with van der Waals surface area (Å²) in [5.74, 6) is -0.0425. The van der Waals surface area contributed by atoms with E-state index in [0.717, 1.165) is 19.4 Å². The van der Waals surface area contributed by atoms with Crippen LogP contribution in [-0.4, -0.2) is 24.5 Å². The highest BCUT2D eigenvalue weighted by Gasteiger charge is 2.21. The molecule has 1 aromatic rings. The molecule has 0 aromatic carbocycles. The van der Waals surface area contributed by atoms with Gasteiger partial charge in [-0.25, -0.2) is 0 Å². The van der Waals surface area contributed by atoms with Gasteiger partial charge in [-0.3, -0.25) is 4.79 Å². The number of halogens is 1. The predicted molar refractivity (Wildman–Crippen MR) is 67.3 cm³/mol. The summed E-state index contributed by atoms with van der Waals surface area (Å²) in [6.07, 6.45) is 1.97. The number of amides is 1. The van der Waals surface area contributed by atoms with E-state index >= 15 is 0 Å². The molecule has 1 aliphatic rings. The molecule has 1 aromatic heterocycles. The lowest BCUT2D eigenvalue weighted by atomic mass is 10.0. The van der Waals surface area contributed by atoms with Crippen molar-refractivity contribution in [2.24, 2.45) is 0 Å². The van der Waals surface area contributed by atoms with Crippen LogP contribution in [0.5, 0.6) is 0 Å². The molecule has 1 aliphatic heterocycles. The van der Waals surface area contributed by atoms with Crippen LogP contribution >= 0.6 is 22.9 Å². The van der Waals surface area contributed by atoms with E-state index in [1.54, 1.807) is 6.07 Å². The normalized spacial score (nSPS) is 25.4. The van der Waals surface area contributed by atoms with Crippen LogP contribution in [0.1, 0.15) is 29.4 Å². The molecule has 2 unspecified atom stereocenters. The van der Waals surface area contributed by atoms with Gasteiger partial charge in [0.15, 0.2) is 0 Å². The molecular weight excluding hydrogens is 244 g/mol. The number of piperidine rings is 1. The Labute approximate surface area is 104 Å². The third-order valence-corrected chi connectivity index (χ3v) is 4.12. The van der Waals surface area contributed by atoms with Gasteiger partial charge in [0.25, 0.3) is 5.91 Å². The standard InChI is InChI=1S/C11H15ClN2OS/c1-7-6-8(2-4-13-7)14-11(15)10-9(12)3-5-16-10/h3,5,7-8,13H,2,4,6H2,1H3,(H,14,15). The molecule has 3 nitrogen and oxygen atoms in total. The van der Waals surface area contributed by atoms with Crippen LogP contribution in [0.2, 0.25) is 5.02 Å². The number of nitrogens with one attached hydrogen (secondary N) is 2. The van der Waals surface area contributed by atoms with Crippen LogP contribution in [0.25, 0.3) is 0 Å². The van der Waals surface area contributed by atoms with Crippen LogP contribution in [0, 0.1) is 0 Å². The van der Waals surface area contributed by atoms with E-state index in [4.69, 9.17) is 11.6 Å². The summed E-state index contributed by atoms with van der Waals surface area (Å²) in [4.78, 5) is 12.5. The molecule has 0 saturated carbocycles. The Balaban J connectivity index is 1.95. The van der Waals surface area contributed by atoms with Gasteiger partial charge in [0.2, 0.25) is 0 Å². The summed E-state index contributed by atoms with van der Waals surface area (Å²) in [5.41, 5.74) is 0. The van der Waals surface area contributed by atoms with Crippen molar-refractivity contribution >= 4 is 28.8 Å². The van der Waals surface area contributed by atoms with Crippen molar-refractivity contribution in [1.29, 1.82) is 0 Å². The molecule has 0 radical (unpaired) electrons. The van der Waals surface area contributed by atoms with Gasteiger partial charge in [0.1, 0.15) is 4.88 Å². The fourth-order valence-corrected chi connectivity index (χ4v) is 3.01. The minimum atomic E-state index is -0.0425. The van der Waals surface area contributed by atoms with Crippen LogP contribution in [-0.2, 0) is 0 Å². The molecule has 5 heteroatoms. The highest BCUT2D eigenvalue weighted by atomic mass is 35.5. The molecule has 88 valence electrons. The second-order valence-corrected chi connectivity index (χ2v) is 5.47.